The number of aromatic nitrogens is 1. The van der Waals surface area contributed by atoms with Crippen LogP contribution in [-0.2, 0) is 21.6 Å². The molecule has 1 saturated heterocycles. The molecule has 1 atom stereocenters. The number of amides is 1. The lowest BCUT2D eigenvalue weighted by atomic mass is 10.4. The zero-order valence-electron chi connectivity index (χ0n) is 9.09. The van der Waals surface area contributed by atoms with E-state index < -0.39 is 15.5 Å². The van der Waals surface area contributed by atoms with E-state index in [9.17, 15) is 17.1 Å². The van der Waals surface area contributed by atoms with Crippen LogP contribution in [0.2, 0.25) is 0 Å². The fourth-order valence-electron chi connectivity index (χ4n) is 1.75. The van der Waals surface area contributed by atoms with Gasteiger partial charge in [0.05, 0.1) is 17.2 Å². The Morgan fingerprint density at radius 3 is 2.82 bits per heavy atom. The highest BCUT2D eigenvalue weighted by Gasteiger charge is 2.38. The lowest BCUT2D eigenvalue weighted by Crippen LogP contribution is -2.26. The first-order chi connectivity index (χ1) is 7.86. The van der Waals surface area contributed by atoms with Gasteiger partial charge in [-0.1, -0.05) is 0 Å². The van der Waals surface area contributed by atoms with Gasteiger partial charge in [-0.15, -0.1) is 15.2 Å². The van der Waals surface area contributed by atoms with E-state index in [1.807, 2.05) is 6.92 Å². The molecule has 1 aliphatic heterocycles. The number of likely N-dealkylation sites (tertiary alicyclic amines) is 1. The van der Waals surface area contributed by atoms with Gasteiger partial charge in [-0.3, -0.25) is 4.79 Å². The third-order valence-corrected chi connectivity index (χ3v) is 4.53. The Hall–Kier alpha value is -1.02. The first-order valence-electron chi connectivity index (χ1n) is 4.98. The first kappa shape index (κ1) is 12.4. The molecule has 94 valence electrons. The van der Waals surface area contributed by atoms with Crippen LogP contribution in [0.3, 0.4) is 0 Å². The van der Waals surface area contributed by atoms with Crippen LogP contribution in [0, 0.1) is 6.92 Å². The molecule has 17 heavy (non-hydrogen) atoms. The summed E-state index contributed by atoms with van der Waals surface area (Å²) < 4.78 is 34.2. The standard InChI is InChI=1S/C9H11FN2O3S2/c1-6-11-7(5-16-6)3-12-4-8(2-9(12)13)17(10,14)15/h5,8H,2-4H2,1H3. The van der Waals surface area contributed by atoms with Crippen LogP contribution in [0.1, 0.15) is 17.1 Å². The molecule has 0 spiro atoms. The van der Waals surface area contributed by atoms with Crippen molar-refractivity contribution in [1.29, 1.82) is 0 Å². The summed E-state index contributed by atoms with van der Waals surface area (Å²) in [5.74, 6) is -0.345. The predicted octanol–water partition coefficient (Wildman–Crippen LogP) is 0.852. The zero-order chi connectivity index (χ0) is 12.6. The van der Waals surface area contributed by atoms with Gasteiger partial charge in [-0.05, 0) is 6.92 Å². The molecule has 1 aliphatic rings. The monoisotopic (exact) mass is 278 g/mol. The molecule has 8 heteroatoms. The molecule has 0 N–H and O–H groups in total. The van der Waals surface area contributed by atoms with Crippen molar-refractivity contribution in [2.45, 2.75) is 25.1 Å². The fraction of sp³-hybridized carbons (Fsp3) is 0.556. The van der Waals surface area contributed by atoms with E-state index in [1.54, 1.807) is 5.38 Å². The summed E-state index contributed by atoms with van der Waals surface area (Å²) in [6.45, 7) is 2.00. The van der Waals surface area contributed by atoms with Crippen LogP contribution >= 0.6 is 11.3 Å². The molecule has 1 aromatic heterocycles. The number of halogens is 1. The van der Waals surface area contributed by atoms with Crippen LogP contribution in [-0.4, -0.2) is 36.0 Å². The number of hydrogen-bond acceptors (Lipinski definition) is 5. The van der Waals surface area contributed by atoms with Gasteiger partial charge in [0.1, 0.15) is 5.25 Å². The summed E-state index contributed by atoms with van der Waals surface area (Å²) in [6, 6.07) is 0. The van der Waals surface area contributed by atoms with Crippen LogP contribution < -0.4 is 0 Å². The summed E-state index contributed by atoms with van der Waals surface area (Å²) in [5, 5.41) is 1.45. The maximum Gasteiger partial charge on any atom is 0.307 e. The molecule has 0 radical (unpaired) electrons. The Bertz CT molecular complexity index is 540. The highest BCUT2D eigenvalue weighted by atomic mass is 32.3. The molecule has 2 heterocycles. The van der Waals surface area contributed by atoms with Crippen molar-refractivity contribution >= 4 is 27.5 Å². The van der Waals surface area contributed by atoms with Crippen molar-refractivity contribution in [1.82, 2.24) is 9.88 Å². The molecule has 0 saturated carbocycles. The third-order valence-electron chi connectivity index (χ3n) is 2.60. The SMILES string of the molecule is Cc1nc(CN2CC(S(=O)(=O)F)CC2=O)cs1. The number of carbonyl (C=O) groups excluding carboxylic acids is 1. The summed E-state index contributed by atoms with van der Waals surface area (Å²) in [4.78, 5) is 17.0. The van der Waals surface area contributed by atoms with Gasteiger partial charge in [-0.25, -0.2) is 4.98 Å². The summed E-state index contributed by atoms with van der Waals surface area (Å²) in [6.07, 6.45) is -0.276. The van der Waals surface area contributed by atoms with E-state index in [1.165, 1.54) is 16.2 Å². The number of nitrogens with zero attached hydrogens (tertiary/aromatic N) is 2. The van der Waals surface area contributed by atoms with Crippen molar-refractivity contribution < 1.29 is 17.1 Å². The van der Waals surface area contributed by atoms with E-state index in [0.717, 1.165) is 5.01 Å². The molecule has 0 aromatic carbocycles. The molecular formula is C9H11FN2O3S2. The minimum Gasteiger partial charge on any atom is -0.335 e. The summed E-state index contributed by atoms with van der Waals surface area (Å²) >= 11 is 1.45. The molecule has 1 amide bonds. The van der Waals surface area contributed by atoms with Crippen molar-refractivity contribution in [3.8, 4) is 0 Å². The van der Waals surface area contributed by atoms with E-state index >= 15 is 0 Å². The van der Waals surface area contributed by atoms with Crippen molar-refractivity contribution in [3.63, 3.8) is 0 Å². The predicted molar refractivity (Wildman–Crippen MR) is 60.7 cm³/mol. The van der Waals surface area contributed by atoms with Crippen LogP contribution in [0.15, 0.2) is 5.38 Å². The van der Waals surface area contributed by atoms with Crippen molar-refractivity contribution in [2.24, 2.45) is 0 Å². The van der Waals surface area contributed by atoms with E-state index in [-0.39, 0.29) is 25.4 Å². The number of hydrogen-bond donors (Lipinski definition) is 0. The second kappa shape index (κ2) is 4.34. The maximum absolute atomic E-state index is 12.8. The minimum absolute atomic E-state index is 0.0890. The van der Waals surface area contributed by atoms with Crippen molar-refractivity contribution in [3.05, 3.63) is 16.1 Å². The van der Waals surface area contributed by atoms with Gasteiger partial charge >= 0.3 is 10.2 Å². The minimum atomic E-state index is -4.64. The lowest BCUT2D eigenvalue weighted by Gasteiger charge is -2.13. The zero-order valence-corrected chi connectivity index (χ0v) is 10.7. The number of aryl methyl sites for hydroxylation is 1. The molecule has 0 aliphatic carbocycles. The topological polar surface area (TPSA) is 67.3 Å². The highest BCUT2D eigenvalue weighted by Crippen LogP contribution is 2.22. The molecule has 1 fully saturated rings. The van der Waals surface area contributed by atoms with Gasteiger partial charge in [0, 0.05) is 18.3 Å². The second-order valence-corrected chi connectivity index (χ2v) is 6.61. The Balaban J connectivity index is 2.07. The smallest absolute Gasteiger partial charge is 0.307 e. The van der Waals surface area contributed by atoms with Crippen LogP contribution in [0.4, 0.5) is 3.89 Å². The summed E-state index contributed by atoms with van der Waals surface area (Å²) in [5.41, 5.74) is 0.706. The molecule has 1 unspecified atom stereocenters. The van der Waals surface area contributed by atoms with Crippen LogP contribution in [0.5, 0.6) is 0 Å². The molecule has 0 bridgehead atoms. The molecular weight excluding hydrogens is 267 g/mol. The van der Waals surface area contributed by atoms with Gasteiger partial charge in [0.25, 0.3) is 0 Å². The van der Waals surface area contributed by atoms with Gasteiger partial charge < -0.3 is 4.90 Å². The molecule has 5 nitrogen and oxygen atoms in total. The van der Waals surface area contributed by atoms with Gasteiger partial charge in [0.15, 0.2) is 0 Å². The van der Waals surface area contributed by atoms with E-state index in [0.29, 0.717) is 5.69 Å². The number of carbonyl (C=O) groups is 1. The number of rotatable bonds is 3. The fourth-order valence-corrected chi connectivity index (χ4v) is 3.06. The van der Waals surface area contributed by atoms with E-state index in [2.05, 4.69) is 4.98 Å². The van der Waals surface area contributed by atoms with Gasteiger partial charge in [0.2, 0.25) is 5.91 Å². The average Bonchev–Trinajstić information content (AvgIpc) is 2.74. The molecule has 1 aromatic rings. The quantitative estimate of drug-likeness (QED) is 0.769. The Morgan fingerprint density at radius 1 is 1.65 bits per heavy atom. The van der Waals surface area contributed by atoms with Crippen molar-refractivity contribution in [2.75, 3.05) is 6.54 Å². The average molecular weight is 278 g/mol. The molecule has 2 rings (SSSR count). The van der Waals surface area contributed by atoms with Crippen LogP contribution in [0.25, 0.3) is 0 Å². The highest BCUT2D eigenvalue weighted by molar-refractivity contribution is 7.87. The number of thiazole rings is 1. The third kappa shape index (κ3) is 2.81. The Labute approximate surface area is 102 Å². The van der Waals surface area contributed by atoms with Gasteiger partial charge in [-0.2, -0.15) is 8.42 Å². The second-order valence-electron chi connectivity index (χ2n) is 3.93. The van der Waals surface area contributed by atoms with E-state index in [4.69, 9.17) is 0 Å². The summed E-state index contributed by atoms with van der Waals surface area (Å²) in [7, 11) is -4.64. The maximum atomic E-state index is 12.8. The Kier molecular flexibility index (Phi) is 3.17. The Morgan fingerprint density at radius 2 is 2.35 bits per heavy atom. The lowest BCUT2D eigenvalue weighted by molar-refractivity contribution is -0.128. The largest absolute Gasteiger partial charge is 0.335 e. The normalized spacial score (nSPS) is 21.2. The first-order valence-corrected chi connectivity index (χ1v) is 7.31.